The summed E-state index contributed by atoms with van der Waals surface area (Å²) >= 11 is 0. The van der Waals surface area contributed by atoms with Gasteiger partial charge in [0.05, 0.1) is 25.0 Å². The van der Waals surface area contributed by atoms with Gasteiger partial charge in [-0.2, -0.15) is 5.10 Å². The van der Waals surface area contributed by atoms with Crippen molar-refractivity contribution in [1.29, 1.82) is 0 Å². The molecule has 2 aromatic rings. The van der Waals surface area contributed by atoms with Gasteiger partial charge in [-0.1, -0.05) is 12.1 Å². The number of carbonyl (C=O) groups is 2. The third-order valence-electron chi connectivity index (χ3n) is 4.57. The number of carbonyl (C=O) groups excluding carboxylic acids is 2. The molecular weight excluding hydrogens is 350 g/mol. The van der Waals surface area contributed by atoms with E-state index in [0.717, 1.165) is 0 Å². The number of nitrogens with zero attached hydrogens (tertiary/aromatic N) is 3. The lowest BCUT2D eigenvalue weighted by atomic mass is 10.1. The number of para-hydroxylation sites is 2. The maximum Gasteiger partial charge on any atom is 0.324 e. The highest BCUT2D eigenvalue weighted by atomic mass is 16.5. The lowest BCUT2D eigenvalue weighted by Crippen LogP contribution is -2.40. The number of likely N-dealkylation sites (tertiary alicyclic amines) is 1. The number of hydrogen-bond acceptors (Lipinski definition) is 5. The molecule has 1 aliphatic heterocycles. The number of piperidine rings is 1. The van der Waals surface area contributed by atoms with E-state index in [0.29, 0.717) is 43.2 Å². The van der Waals surface area contributed by atoms with Crippen LogP contribution in [-0.4, -0.2) is 58.5 Å². The summed E-state index contributed by atoms with van der Waals surface area (Å²) in [4.78, 5) is 25.6. The molecule has 9 heteroatoms. The van der Waals surface area contributed by atoms with Gasteiger partial charge in [0.25, 0.3) is 0 Å². The standard InChI is InChI=1S/C18H23N5O4/c1-27-15-5-3-2-4-14(15)20-18(26)21-16-6-9-19-23(16)13-7-10-22(11-8-13)17(25)12-24/h2-6,9,13,24H,7-8,10-12H2,1H3,(H2,20,21,26). The number of benzene rings is 1. The quantitative estimate of drug-likeness (QED) is 0.739. The average Bonchev–Trinajstić information content (AvgIpc) is 3.15. The summed E-state index contributed by atoms with van der Waals surface area (Å²) in [6, 6.07) is 8.56. The molecule has 1 aromatic heterocycles. The van der Waals surface area contributed by atoms with E-state index in [1.165, 1.54) is 0 Å². The molecule has 0 unspecified atom stereocenters. The molecule has 1 saturated heterocycles. The van der Waals surface area contributed by atoms with E-state index in [4.69, 9.17) is 9.84 Å². The second-order valence-electron chi connectivity index (χ2n) is 6.21. The number of nitrogens with one attached hydrogen (secondary N) is 2. The minimum Gasteiger partial charge on any atom is -0.495 e. The van der Waals surface area contributed by atoms with Crippen LogP contribution in [0.1, 0.15) is 18.9 Å². The Bertz CT molecular complexity index is 799. The van der Waals surface area contributed by atoms with E-state index < -0.39 is 12.6 Å². The number of hydrogen-bond donors (Lipinski definition) is 3. The molecule has 0 atom stereocenters. The van der Waals surface area contributed by atoms with Crippen molar-refractivity contribution in [1.82, 2.24) is 14.7 Å². The van der Waals surface area contributed by atoms with Crippen molar-refractivity contribution in [2.75, 3.05) is 37.4 Å². The van der Waals surface area contributed by atoms with Gasteiger partial charge in [0.1, 0.15) is 18.2 Å². The molecule has 0 aliphatic carbocycles. The first-order valence-electron chi connectivity index (χ1n) is 8.75. The molecule has 1 aliphatic rings. The Kier molecular flexibility index (Phi) is 5.92. The van der Waals surface area contributed by atoms with Crippen molar-refractivity contribution in [3.8, 4) is 5.75 Å². The lowest BCUT2D eigenvalue weighted by molar-refractivity contribution is -0.135. The van der Waals surface area contributed by atoms with Gasteiger partial charge in [-0.15, -0.1) is 0 Å². The summed E-state index contributed by atoms with van der Waals surface area (Å²) in [5.41, 5.74) is 0.569. The number of methoxy groups -OCH3 is 1. The van der Waals surface area contributed by atoms with Crippen molar-refractivity contribution >= 4 is 23.4 Å². The van der Waals surface area contributed by atoms with Crippen LogP contribution in [0.15, 0.2) is 36.5 Å². The zero-order valence-electron chi connectivity index (χ0n) is 15.1. The van der Waals surface area contributed by atoms with Crippen LogP contribution < -0.4 is 15.4 Å². The number of aliphatic hydroxyl groups is 1. The lowest BCUT2D eigenvalue weighted by Gasteiger charge is -2.32. The predicted molar refractivity (Wildman–Crippen MR) is 99.8 cm³/mol. The SMILES string of the molecule is COc1ccccc1NC(=O)Nc1ccnn1C1CCN(C(=O)CO)CC1. The molecule has 27 heavy (non-hydrogen) atoms. The molecule has 3 N–H and O–H groups in total. The fourth-order valence-corrected chi connectivity index (χ4v) is 3.18. The van der Waals surface area contributed by atoms with Gasteiger partial charge in [0.15, 0.2) is 0 Å². The number of rotatable bonds is 5. The first-order chi connectivity index (χ1) is 13.1. The Morgan fingerprint density at radius 3 is 2.67 bits per heavy atom. The van der Waals surface area contributed by atoms with Crippen LogP contribution in [0.4, 0.5) is 16.3 Å². The molecule has 3 amide bonds. The Labute approximate surface area is 156 Å². The van der Waals surface area contributed by atoms with Crippen LogP contribution in [-0.2, 0) is 4.79 Å². The second-order valence-corrected chi connectivity index (χ2v) is 6.21. The van der Waals surface area contributed by atoms with Crippen molar-refractivity contribution in [2.45, 2.75) is 18.9 Å². The predicted octanol–water partition coefficient (Wildman–Crippen LogP) is 1.69. The zero-order chi connectivity index (χ0) is 19.2. The third-order valence-corrected chi connectivity index (χ3v) is 4.57. The van der Waals surface area contributed by atoms with E-state index in [1.807, 2.05) is 12.1 Å². The normalized spacial score (nSPS) is 14.7. The van der Waals surface area contributed by atoms with Crippen molar-refractivity contribution < 1.29 is 19.4 Å². The summed E-state index contributed by atoms with van der Waals surface area (Å²) < 4.78 is 7.00. The topological polar surface area (TPSA) is 109 Å². The molecule has 0 radical (unpaired) electrons. The zero-order valence-corrected chi connectivity index (χ0v) is 15.1. The third kappa shape index (κ3) is 4.37. The summed E-state index contributed by atoms with van der Waals surface area (Å²) in [6.07, 6.45) is 3.04. The van der Waals surface area contributed by atoms with Gasteiger partial charge in [0.2, 0.25) is 5.91 Å². The minimum atomic E-state index is -0.470. The number of amides is 3. The van der Waals surface area contributed by atoms with E-state index >= 15 is 0 Å². The fourth-order valence-electron chi connectivity index (χ4n) is 3.18. The van der Waals surface area contributed by atoms with Crippen LogP contribution in [0.2, 0.25) is 0 Å². The van der Waals surface area contributed by atoms with Gasteiger partial charge >= 0.3 is 6.03 Å². The van der Waals surface area contributed by atoms with E-state index in [-0.39, 0.29) is 11.9 Å². The fraction of sp³-hybridized carbons (Fsp3) is 0.389. The summed E-state index contributed by atoms with van der Waals surface area (Å²) in [5.74, 6) is 0.889. The summed E-state index contributed by atoms with van der Waals surface area (Å²) in [6.45, 7) is 0.635. The molecule has 0 bridgehead atoms. The van der Waals surface area contributed by atoms with Crippen LogP contribution >= 0.6 is 0 Å². The average molecular weight is 373 g/mol. The van der Waals surface area contributed by atoms with Crippen molar-refractivity contribution in [2.24, 2.45) is 0 Å². The first-order valence-corrected chi connectivity index (χ1v) is 8.75. The Hall–Kier alpha value is -3.07. The van der Waals surface area contributed by atoms with E-state index in [2.05, 4.69) is 15.7 Å². The number of anilines is 2. The number of aliphatic hydroxyl groups excluding tert-OH is 1. The number of urea groups is 1. The second kappa shape index (κ2) is 8.54. The van der Waals surface area contributed by atoms with Crippen LogP contribution in [0, 0.1) is 0 Å². The smallest absolute Gasteiger partial charge is 0.324 e. The minimum absolute atomic E-state index is 0.0734. The van der Waals surface area contributed by atoms with E-state index in [1.54, 1.807) is 41.1 Å². The first kappa shape index (κ1) is 18.7. The number of ether oxygens (including phenoxy) is 1. The largest absolute Gasteiger partial charge is 0.495 e. The van der Waals surface area contributed by atoms with Gasteiger partial charge in [0, 0.05) is 19.2 Å². The van der Waals surface area contributed by atoms with Gasteiger partial charge < -0.3 is 20.1 Å². The Balaban J connectivity index is 1.62. The highest BCUT2D eigenvalue weighted by Crippen LogP contribution is 2.26. The highest BCUT2D eigenvalue weighted by molar-refractivity contribution is 6.00. The molecule has 2 heterocycles. The molecule has 1 fully saturated rings. The van der Waals surface area contributed by atoms with E-state index in [9.17, 15) is 9.59 Å². The molecule has 0 saturated carbocycles. The summed E-state index contributed by atoms with van der Waals surface area (Å²) in [5, 5.41) is 18.9. The highest BCUT2D eigenvalue weighted by Gasteiger charge is 2.25. The van der Waals surface area contributed by atoms with Crippen molar-refractivity contribution in [3.63, 3.8) is 0 Å². The van der Waals surface area contributed by atoms with Gasteiger partial charge in [-0.3, -0.25) is 10.1 Å². The van der Waals surface area contributed by atoms with Gasteiger partial charge in [-0.25, -0.2) is 9.48 Å². The Morgan fingerprint density at radius 1 is 1.22 bits per heavy atom. The maximum atomic E-state index is 12.4. The van der Waals surface area contributed by atoms with Gasteiger partial charge in [-0.05, 0) is 25.0 Å². The van der Waals surface area contributed by atoms with Crippen LogP contribution in [0.5, 0.6) is 5.75 Å². The van der Waals surface area contributed by atoms with Crippen molar-refractivity contribution in [3.05, 3.63) is 36.5 Å². The maximum absolute atomic E-state index is 12.4. The number of aromatic nitrogens is 2. The van der Waals surface area contributed by atoms with Crippen LogP contribution in [0.25, 0.3) is 0 Å². The van der Waals surface area contributed by atoms with Crippen LogP contribution in [0.3, 0.4) is 0 Å². The molecular formula is C18H23N5O4. The molecule has 0 spiro atoms. The molecule has 1 aromatic carbocycles. The molecule has 3 rings (SSSR count). The monoisotopic (exact) mass is 373 g/mol. The Morgan fingerprint density at radius 2 is 1.96 bits per heavy atom. The summed E-state index contributed by atoms with van der Waals surface area (Å²) in [7, 11) is 1.54. The molecule has 9 nitrogen and oxygen atoms in total. The molecule has 144 valence electrons.